The van der Waals surface area contributed by atoms with Crippen molar-refractivity contribution >= 4 is 18.4 Å². The van der Waals surface area contributed by atoms with Gasteiger partial charge in [0.15, 0.2) is 0 Å². The van der Waals surface area contributed by atoms with E-state index < -0.39 is 13.8 Å². The topological polar surface area (TPSA) is 63.2 Å². The van der Waals surface area contributed by atoms with Crippen LogP contribution in [0.15, 0.2) is 42.5 Å². The van der Waals surface area contributed by atoms with E-state index in [2.05, 4.69) is 0 Å². The molecule has 0 atom stereocenters. The molecule has 0 unspecified atom stereocenters. The Bertz CT molecular complexity index is 530. The fraction of sp³-hybridized carbons (Fsp3) is 0.0909. The highest BCUT2D eigenvalue weighted by Gasteiger charge is 1.98. The highest BCUT2D eigenvalue weighted by Crippen LogP contribution is 2.30. The highest BCUT2D eigenvalue weighted by atomic mass is 31.2. The Hall–Kier alpha value is -1.15. The molecule has 2 aromatic rings. The molecule has 0 saturated heterocycles. The van der Waals surface area contributed by atoms with Gasteiger partial charge in [-0.05, 0) is 16.3 Å². The molecule has 0 spiro atoms. The maximum absolute atomic E-state index is 10.6. The molecule has 2 aromatic carbocycles. The first kappa shape index (κ1) is 10.4. The Labute approximate surface area is 87.5 Å². The molecule has 15 heavy (non-hydrogen) atoms. The van der Waals surface area contributed by atoms with Crippen LogP contribution in [0.25, 0.3) is 10.8 Å². The van der Waals surface area contributed by atoms with Gasteiger partial charge in [-0.2, -0.15) is 0 Å². The largest absolute Gasteiger partial charge is 0.810 e. The zero-order chi connectivity index (χ0) is 10.9. The third-order valence-corrected chi connectivity index (χ3v) is 2.94. The Morgan fingerprint density at radius 3 is 2.33 bits per heavy atom. The van der Waals surface area contributed by atoms with Crippen LogP contribution in [-0.2, 0) is 10.7 Å². The molecular weight excluding hydrogens is 211 g/mol. The summed E-state index contributed by atoms with van der Waals surface area (Å²) < 4.78 is 10.6. The molecule has 78 valence electrons. The maximum atomic E-state index is 10.6. The lowest BCUT2D eigenvalue weighted by Gasteiger charge is -2.29. The first-order valence-corrected chi connectivity index (χ1v) is 6.26. The molecule has 0 aliphatic carbocycles. The first-order chi connectivity index (χ1) is 7.04. The fourth-order valence-corrected chi connectivity index (χ4v) is 2.20. The zero-order valence-electron chi connectivity index (χ0n) is 7.92. The lowest BCUT2D eigenvalue weighted by Crippen LogP contribution is -2.15. The summed E-state index contributed by atoms with van der Waals surface area (Å²) in [5.74, 6) is 0. The summed E-state index contributed by atoms with van der Waals surface area (Å²) in [7, 11) is -4.47. The minimum absolute atomic E-state index is 0.419. The van der Waals surface area contributed by atoms with Crippen LogP contribution in [0.2, 0.25) is 0 Å². The van der Waals surface area contributed by atoms with E-state index in [9.17, 15) is 14.4 Å². The van der Waals surface area contributed by atoms with Gasteiger partial charge in [0.1, 0.15) is 0 Å². The average molecular weight is 220 g/mol. The van der Waals surface area contributed by atoms with Crippen molar-refractivity contribution in [2.75, 3.05) is 0 Å². The van der Waals surface area contributed by atoms with Gasteiger partial charge in [0.2, 0.25) is 0 Å². The van der Waals surface area contributed by atoms with E-state index in [1.54, 1.807) is 12.1 Å². The van der Waals surface area contributed by atoms with E-state index in [-0.39, 0.29) is 0 Å². The normalized spacial score (nSPS) is 11.9. The van der Waals surface area contributed by atoms with Crippen LogP contribution < -0.4 is 9.79 Å². The van der Waals surface area contributed by atoms with Crippen LogP contribution in [0.3, 0.4) is 0 Å². The number of hydrogen-bond acceptors (Lipinski definition) is 3. The molecule has 3 nitrogen and oxygen atoms in total. The molecule has 0 saturated carbocycles. The molecule has 0 heterocycles. The van der Waals surface area contributed by atoms with Gasteiger partial charge < -0.3 is 14.4 Å². The molecule has 4 heteroatoms. The summed E-state index contributed by atoms with van der Waals surface area (Å²) in [6.07, 6.45) is -0.419. The maximum Gasteiger partial charge on any atom is 0.000244 e. The van der Waals surface area contributed by atoms with Crippen LogP contribution in [-0.4, -0.2) is 0 Å². The monoisotopic (exact) mass is 220 g/mol. The van der Waals surface area contributed by atoms with Crippen LogP contribution in [0.4, 0.5) is 0 Å². The van der Waals surface area contributed by atoms with Crippen molar-refractivity contribution < 1.29 is 14.4 Å². The van der Waals surface area contributed by atoms with E-state index >= 15 is 0 Å². The molecule has 2 rings (SSSR count). The molecule has 0 fully saturated rings. The van der Waals surface area contributed by atoms with Crippen LogP contribution in [0, 0.1) is 0 Å². The van der Waals surface area contributed by atoms with Crippen molar-refractivity contribution in [1.82, 2.24) is 0 Å². The highest BCUT2D eigenvalue weighted by molar-refractivity contribution is 7.47. The van der Waals surface area contributed by atoms with Gasteiger partial charge in [-0.3, -0.25) is 0 Å². The zero-order valence-corrected chi connectivity index (χ0v) is 8.81. The lowest BCUT2D eigenvalue weighted by molar-refractivity contribution is -0.314. The second kappa shape index (κ2) is 3.78. The second-order valence-corrected chi connectivity index (χ2v) is 4.99. The predicted molar refractivity (Wildman–Crippen MR) is 55.3 cm³/mol. The summed E-state index contributed by atoms with van der Waals surface area (Å²) in [4.78, 5) is 21.2. The van der Waals surface area contributed by atoms with Gasteiger partial charge in [0.25, 0.3) is 0 Å². The molecule has 0 N–H and O–H groups in total. The molecule has 0 aliphatic heterocycles. The minimum Gasteiger partial charge on any atom is -0.810 e. The number of hydrogen-bond donors (Lipinski definition) is 0. The van der Waals surface area contributed by atoms with Crippen molar-refractivity contribution in [2.24, 2.45) is 0 Å². The Morgan fingerprint density at radius 1 is 1.00 bits per heavy atom. The van der Waals surface area contributed by atoms with Gasteiger partial charge in [0, 0.05) is 6.16 Å². The van der Waals surface area contributed by atoms with Gasteiger partial charge in [-0.1, -0.05) is 50.1 Å². The number of rotatable bonds is 2. The minimum atomic E-state index is -4.47. The third-order valence-electron chi connectivity index (χ3n) is 2.19. The van der Waals surface area contributed by atoms with Gasteiger partial charge in [-0.15, -0.1) is 0 Å². The fourth-order valence-electron chi connectivity index (χ4n) is 1.56. The molecular formula is C11H9O3P-2. The number of benzene rings is 2. The molecule has 0 amide bonds. The van der Waals surface area contributed by atoms with Gasteiger partial charge in [0.05, 0.1) is 0 Å². The molecule has 0 aliphatic rings. The first-order valence-electron chi connectivity index (χ1n) is 4.53. The quantitative estimate of drug-likeness (QED) is 0.715. The lowest BCUT2D eigenvalue weighted by atomic mass is 10.1. The van der Waals surface area contributed by atoms with Crippen molar-refractivity contribution in [2.45, 2.75) is 6.16 Å². The second-order valence-electron chi connectivity index (χ2n) is 3.45. The van der Waals surface area contributed by atoms with Crippen molar-refractivity contribution in [1.29, 1.82) is 0 Å². The van der Waals surface area contributed by atoms with E-state index in [1.165, 1.54) is 0 Å². The van der Waals surface area contributed by atoms with Crippen LogP contribution >= 0.6 is 7.60 Å². The van der Waals surface area contributed by atoms with E-state index in [4.69, 9.17) is 0 Å². The summed E-state index contributed by atoms with van der Waals surface area (Å²) in [6, 6.07) is 12.8. The van der Waals surface area contributed by atoms with E-state index in [0.717, 1.165) is 10.8 Å². The molecule has 0 radical (unpaired) electrons. The predicted octanol–water partition coefficient (Wildman–Crippen LogP) is 1.25. The Kier molecular flexibility index (Phi) is 2.61. The van der Waals surface area contributed by atoms with Crippen LogP contribution in [0.5, 0.6) is 0 Å². The van der Waals surface area contributed by atoms with Crippen molar-refractivity contribution in [3.05, 3.63) is 48.0 Å². The average Bonchev–Trinajstić information content (AvgIpc) is 2.15. The summed E-state index contributed by atoms with van der Waals surface area (Å²) in [6.45, 7) is 0. The van der Waals surface area contributed by atoms with Crippen LogP contribution in [0.1, 0.15) is 5.56 Å². The SMILES string of the molecule is O=P([O-])([O-])Cc1ccc2ccccc2c1. The van der Waals surface area contributed by atoms with Gasteiger partial charge in [-0.25, -0.2) is 0 Å². The standard InChI is InChI=1S/C11H11O3P/c12-15(13,14)8-9-5-6-10-3-1-2-4-11(10)7-9/h1-7H,8H2,(H2,12,13,14)/p-2. The summed E-state index contributed by atoms with van der Waals surface area (Å²) in [5, 5.41) is 1.98. The molecule has 0 aromatic heterocycles. The summed E-state index contributed by atoms with van der Waals surface area (Å²) >= 11 is 0. The van der Waals surface area contributed by atoms with Gasteiger partial charge >= 0.3 is 0 Å². The Balaban J connectivity index is 2.43. The molecule has 0 bridgehead atoms. The summed E-state index contributed by atoms with van der Waals surface area (Å²) in [5.41, 5.74) is 0.544. The van der Waals surface area contributed by atoms with E-state index in [1.807, 2.05) is 30.3 Å². The Morgan fingerprint density at radius 2 is 1.67 bits per heavy atom. The third kappa shape index (κ3) is 2.66. The smallest absolute Gasteiger partial charge is 0.000244 e. The van der Waals surface area contributed by atoms with Crippen molar-refractivity contribution in [3.63, 3.8) is 0 Å². The number of fused-ring (bicyclic) bond motifs is 1. The van der Waals surface area contributed by atoms with E-state index in [0.29, 0.717) is 5.56 Å². The van der Waals surface area contributed by atoms with Crippen molar-refractivity contribution in [3.8, 4) is 0 Å².